The number of nitrogens with two attached hydrogens (primary N) is 1. The summed E-state index contributed by atoms with van der Waals surface area (Å²) in [7, 11) is 0. The van der Waals surface area contributed by atoms with Crippen molar-refractivity contribution in [3.8, 4) is 0 Å². The smallest absolute Gasteiger partial charge is 0.253 e. The number of carbonyl (C=O) groups is 1. The summed E-state index contributed by atoms with van der Waals surface area (Å²) in [5.41, 5.74) is 6.83. The van der Waals surface area contributed by atoms with E-state index in [1.165, 1.54) is 0 Å². The minimum atomic E-state index is -0.00170. The Morgan fingerprint density at radius 2 is 2.11 bits per heavy atom. The Balaban J connectivity index is 2.21. The number of amidine groups is 1. The number of rotatable bonds is 2. The van der Waals surface area contributed by atoms with E-state index in [0.717, 1.165) is 19.5 Å². The van der Waals surface area contributed by atoms with Gasteiger partial charge in [-0.25, -0.2) is 0 Å². The van der Waals surface area contributed by atoms with Crippen LogP contribution in [0.15, 0.2) is 29.4 Å². The predicted molar refractivity (Wildman–Crippen MR) is 73.3 cm³/mol. The maximum absolute atomic E-state index is 12.4. The Morgan fingerprint density at radius 3 is 2.68 bits per heavy atom. The minimum Gasteiger partial charge on any atom is -0.409 e. The van der Waals surface area contributed by atoms with Gasteiger partial charge in [0.05, 0.1) is 0 Å². The van der Waals surface area contributed by atoms with Crippen LogP contribution in [-0.4, -0.2) is 34.9 Å². The van der Waals surface area contributed by atoms with Crippen molar-refractivity contribution in [2.75, 3.05) is 13.1 Å². The molecule has 1 saturated heterocycles. The van der Waals surface area contributed by atoms with Gasteiger partial charge >= 0.3 is 0 Å². The Morgan fingerprint density at radius 1 is 1.42 bits per heavy atom. The number of hydrogen-bond acceptors (Lipinski definition) is 3. The molecule has 5 heteroatoms. The van der Waals surface area contributed by atoms with E-state index in [-0.39, 0.29) is 17.2 Å². The van der Waals surface area contributed by atoms with Gasteiger partial charge in [0, 0.05) is 24.2 Å². The lowest BCUT2D eigenvalue weighted by atomic mass is 9.93. The van der Waals surface area contributed by atoms with Crippen LogP contribution < -0.4 is 5.73 Å². The first-order valence-corrected chi connectivity index (χ1v) is 6.30. The molecule has 1 aromatic rings. The van der Waals surface area contributed by atoms with Crippen LogP contribution in [0.5, 0.6) is 0 Å². The second-order valence-electron chi connectivity index (χ2n) is 5.71. The molecule has 1 amide bonds. The summed E-state index contributed by atoms with van der Waals surface area (Å²) >= 11 is 0. The zero-order valence-electron chi connectivity index (χ0n) is 11.3. The van der Waals surface area contributed by atoms with Crippen LogP contribution in [-0.2, 0) is 0 Å². The lowest BCUT2D eigenvalue weighted by Gasteiger charge is -2.20. The summed E-state index contributed by atoms with van der Waals surface area (Å²) in [4.78, 5) is 14.2. The van der Waals surface area contributed by atoms with Gasteiger partial charge in [0.1, 0.15) is 0 Å². The van der Waals surface area contributed by atoms with Gasteiger partial charge in [-0.05, 0) is 24.0 Å². The third-order valence-electron chi connectivity index (χ3n) is 3.48. The molecule has 0 atom stereocenters. The van der Waals surface area contributed by atoms with Crippen molar-refractivity contribution in [2.24, 2.45) is 16.3 Å². The molecule has 0 spiro atoms. The Hall–Kier alpha value is -2.04. The van der Waals surface area contributed by atoms with E-state index in [2.05, 4.69) is 19.0 Å². The number of carbonyl (C=O) groups excluding carboxylic acids is 1. The number of nitrogens with zero attached hydrogens (tertiary/aromatic N) is 2. The molecule has 0 aliphatic carbocycles. The van der Waals surface area contributed by atoms with Crippen LogP contribution in [0.25, 0.3) is 0 Å². The molecule has 102 valence electrons. The van der Waals surface area contributed by atoms with E-state index in [4.69, 9.17) is 10.9 Å². The minimum absolute atomic E-state index is 0.00170. The fraction of sp³-hybridized carbons (Fsp3) is 0.429. The number of likely N-dealkylation sites (tertiary alicyclic amines) is 1. The highest BCUT2D eigenvalue weighted by Crippen LogP contribution is 2.29. The van der Waals surface area contributed by atoms with Crippen LogP contribution in [0, 0.1) is 5.41 Å². The predicted octanol–water partition coefficient (Wildman–Crippen LogP) is 1.65. The number of oxime groups is 1. The second kappa shape index (κ2) is 4.91. The molecule has 1 aliphatic heterocycles. The van der Waals surface area contributed by atoms with E-state index in [1.807, 2.05) is 4.90 Å². The van der Waals surface area contributed by atoms with E-state index >= 15 is 0 Å². The van der Waals surface area contributed by atoms with Crippen molar-refractivity contribution in [3.05, 3.63) is 35.4 Å². The Labute approximate surface area is 112 Å². The van der Waals surface area contributed by atoms with Crippen LogP contribution >= 0.6 is 0 Å². The summed E-state index contributed by atoms with van der Waals surface area (Å²) in [5.74, 6) is 0.00886. The maximum Gasteiger partial charge on any atom is 0.253 e. The third-order valence-corrected chi connectivity index (χ3v) is 3.48. The van der Waals surface area contributed by atoms with E-state index in [9.17, 15) is 4.79 Å². The van der Waals surface area contributed by atoms with Gasteiger partial charge in [-0.2, -0.15) is 0 Å². The molecule has 1 heterocycles. The first kappa shape index (κ1) is 13.4. The molecule has 2 rings (SSSR count). The lowest BCUT2D eigenvalue weighted by Crippen LogP contribution is -2.30. The normalized spacial score (nSPS) is 18.6. The number of benzene rings is 1. The zero-order chi connectivity index (χ0) is 14.0. The fourth-order valence-electron chi connectivity index (χ4n) is 2.34. The molecule has 1 fully saturated rings. The maximum atomic E-state index is 12.4. The van der Waals surface area contributed by atoms with Crippen LogP contribution in [0.3, 0.4) is 0 Å². The van der Waals surface area contributed by atoms with Crippen molar-refractivity contribution >= 4 is 11.7 Å². The number of hydrogen-bond donors (Lipinski definition) is 2. The molecular weight excluding hydrogens is 242 g/mol. The molecule has 1 aromatic carbocycles. The molecule has 19 heavy (non-hydrogen) atoms. The van der Waals surface area contributed by atoms with Crippen molar-refractivity contribution < 1.29 is 10.0 Å². The van der Waals surface area contributed by atoms with E-state index in [0.29, 0.717) is 11.1 Å². The van der Waals surface area contributed by atoms with Gasteiger partial charge in [0.15, 0.2) is 5.84 Å². The molecule has 0 unspecified atom stereocenters. The molecule has 5 nitrogen and oxygen atoms in total. The largest absolute Gasteiger partial charge is 0.409 e. The van der Waals surface area contributed by atoms with Crippen LogP contribution in [0.4, 0.5) is 0 Å². The summed E-state index contributed by atoms with van der Waals surface area (Å²) in [6.07, 6.45) is 1.01. The van der Waals surface area contributed by atoms with E-state index in [1.54, 1.807) is 24.3 Å². The molecular formula is C14H19N3O2. The average molecular weight is 261 g/mol. The first-order valence-electron chi connectivity index (χ1n) is 6.30. The summed E-state index contributed by atoms with van der Waals surface area (Å²) in [6, 6.07) is 6.85. The van der Waals surface area contributed by atoms with Gasteiger partial charge in [0.25, 0.3) is 5.91 Å². The second-order valence-corrected chi connectivity index (χ2v) is 5.71. The lowest BCUT2D eigenvalue weighted by molar-refractivity contribution is 0.0778. The number of amides is 1. The van der Waals surface area contributed by atoms with Gasteiger partial charge in [-0.1, -0.05) is 31.1 Å². The molecule has 0 bridgehead atoms. The summed E-state index contributed by atoms with van der Waals surface area (Å²) in [6.45, 7) is 5.86. The first-order chi connectivity index (χ1) is 8.93. The SMILES string of the molecule is CC1(C)CCN(C(=O)c2cccc(C(N)=NO)c2)C1. The van der Waals surface area contributed by atoms with Crippen molar-refractivity contribution in [2.45, 2.75) is 20.3 Å². The highest BCUT2D eigenvalue weighted by molar-refractivity contribution is 6.01. The monoisotopic (exact) mass is 261 g/mol. The summed E-state index contributed by atoms with van der Waals surface area (Å²) < 4.78 is 0. The van der Waals surface area contributed by atoms with Gasteiger partial charge in [-0.3, -0.25) is 4.79 Å². The third kappa shape index (κ3) is 2.86. The van der Waals surface area contributed by atoms with Gasteiger partial charge < -0.3 is 15.8 Å². The molecule has 0 aromatic heterocycles. The average Bonchev–Trinajstić information content (AvgIpc) is 2.77. The zero-order valence-corrected chi connectivity index (χ0v) is 11.3. The Kier molecular flexibility index (Phi) is 3.46. The molecule has 1 aliphatic rings. The fourth-order valence-corrected chi connectivity index (χ4v) is 2.34. The highest BCUT2D eigenvalue weighted by Gasteiger charge is 2.32. The van der Waals surface area contributed by atoms with Gasteiger partial charge in [-0.15, -0.1) is 0 Å². The van der Waals surface area contributed by atoms with E-state index < -0.39 is 0 Å². The van der Waals surface area contributed by atoms with Crippen molar-refractivity contribution in [1.29, 1.82) is 0 Å². The van der Waals surface area contributed by atoms with Gasteiger partial charge in [0.2, 0.25) is 0 Å². The Bertz CT molecular complexity index is 523. The topological polar surface area (TPSA) is 78.9 Å². The summed E-state index contributed by atoms with van der Waals surface area (Å²) in [5, 5.41) is 11.6. The van der Waals surface area contributed by atoms with Crippen LogP contribution in [0.2, 0.25) is 0 Å². The standard InChI is InChI=1S/C14H19N3O2/c1-14(2)6-7-17(9-14)13(18)11-5-3-4-10(8-11)12(15)16-19/h3-5,8,19H,6-7,9H2,1-2H3,(H2,15,16). The van der Waals surface area contributed by atoms with Crippen molar-refractivity contribution in [3.63, 3.8) is 0 Å². The quantitative estimate of drug-likeness (QED) is 0.368. The van der Waals surface area contributed by atoms with Crippen molar-refractivity contribution in [1.82, 2.24) is 4.90 Å². The molecule has 3 N–H and O–H groups in total. The molecule has 0 radical (unpaired) electrons. The highest BCUT2D eigenvalue weighted by atomic mass is 16.4. The van der Waals surface area contributed by atoms with Crippen LogP contribution in [0.1, 0.15) is 36.2 Å². The molecule has 0 saturated carbocycles.